The van der Waals surface area contributed by atoms with E-state index in [0.29, 0.717) is 4.47 Å². The summed E-state index contributed by atoms with van der Waals surface area (Å²) in [5.74, 6) is -0.393. The van der Waals surface area contributed by atoms with Gasteiger partial charge < -0.3 is 9.84 Å². The van der Waals surface area contributed by atoms with Crippen molar-refractivity contribution in [2.75, 3.05) is 7.11 Å². The summed E-state index contributed by atoms with van der Waals surface area (Å²) in [7, 11) is 1.38. The van der Waals surface area contributed by atoms with E-state index in [0.717, 1.165) is 0 Å². The second kappa shape index (κ2) is 3.87. The van der Waals surface area contributed by atoms with Crippen molar-refractivity contribution in [3.05, 3.63) is 28.0 Å². The van der Waals surface area contributed by atoms with E-state index < -0.39 is 5.82 Å². The number of ether oxygens (including phenoxy) is 1. The maximum Gasteiger partial charge on any atom is 0.171 e. The van der Waals surface area contributed by atoms with Crippen molar-refractivity contribution < 1.29 is 14.2 Å². The molecule has 0 amide bonds. The minimum atomic E-state index is -0.519. The Bertz CT molecular complexity index is 289. The van der Waals surface area contributed by atoms with Crippen molar-refractivity contribution in [3.63, 3.8) is 0 Å². The Morgan fingerprint density at radius 1 is 1.58 bits per heavy atom. The van der Waals surface area contributed by atoms with Crippen molar-refractivity contribution in [2.45, 2.75) is 6.61 Å². The quantitative estimate of drug-likeness (QED) is 0.850. The zero-order valence-corrected chi connectivity index (χ0v) is 8.06. The van der Waals surface area contributed by atoms with Gasteiger partial charge in [-0.05, 0) is 22.0 Å². The van der Waals surface area contributed by atoms with Crippen LogP contribution < -0.4 is 4.74 Å². The van der Waals surface area contributed by atoms with Gasteiger partial charge in [0.15, 0.2) is 11.6 Å². The van der Waals surface area contributed by atoms with Crippen molar-refractivity contribution in [3.8, 4) is 5.75 Å². The molecule has 0 saturated heterocycles. The van der Waals surface area contributed by atoms with Gasteiger partial charge in [-0.15, -0.1) is 0 Å². The highest BCUT2D eigenvalue weighted by Crippen LogP contribution is 2.29. The third-order valence-electron chi connectivity index (χ3n) is 1.50. The van der Waals surface area contributed by atoms with Crippen molar-refractivity contribution >= 4 is 15.9 Å². The van der Waals surface area contributed by atoms with Gasteiger partial charge in [-0.1, -0.05) is 6.07 Å². The highest BCUT2D eigenvalue weighted by molar-refractivity contribution is 9.10. The lowest BCUT2D eigenvalue weighted by Crippen LogP contribution is -1.95. The molecule has 1 N–H and O–H groups in total. The summed E-state index contributed by atoms with van der Waals surface area (Å²) >= 11 is 3.12. The monoisotopic (exact) mass is 234 g/mol. The molecule has 0 aliphatic carbocycles. The van der Waals surface area contributed by atoms with Gasteiger partial charge in [0.25, 0.3) is 0 Å². The lowest BCUT2D eigenvalue weighted by atomic mass is 10.2. The molecule has 1 aromatic rings. The summed E-state index contributed by atoms with van der Waals surface area (Å²) in [6.07, 6.45) is 0. The predicted molar refractivity (Wildman–Crippen MR) is 46.6 cm³/mol. The van der Waals surface area contributed by atoms with Crippen LogP contribution in [0.15, 0.2) is 16.6 Å². The summed E-state index contributed by atoms with van der Waals surface area (Å²) in [5.41, 5.74) is 0.232. The number of aliphatic hydroxyl groups is 1. The fraction of sp³-hybridized carbons (Fsp3) is 0.250. The summed E-state index contributed by atoms with van der Waals surface area (Å²) in [4.78, 5) is 0. The Morgan fingerprint density at radius 3 is 2.75 bits per heavy atom. The number of rotatable bonds is 2. The molecule has 0 saturated carbocycles. The number of aliphatic hydroxyl groups excluding tert-OH is 1. The summed E-state index contributed by atoms with van der Waals surface area (Å²) in [6.45, 7) is -0.324. The van der Waals surface area contributed by atoms with Crippen LogP contribution in [0.4, 0.5) is 4.39 Å². The third-order valence-corrected chi connectivity index (χ3v) is 2.13. The van der Waals surface area contributed by atoms with E-state index in [1.165, 1.54) is 13.2 Å². The van der Waals surface area contributed by atoms with Gasteiger partial charge in [0.2, 0.25) is 0 Å². The van der Waals surface area contributed by atoms with Gasteiger partial charge in [-0.25, -0.2) is 4.39 Å². The maximum atomic E-state index is 13.2. The average Bonchev–Trinajstić information content (AvgIpc) is 2.06. The fourth-order valence-electron chi connectivity index (χ4n) is 0.882. The molecule has 1 aromatic carbocycles. The molecule has 0 aliphatic rings. The lowest BCUT2D eigenvalue weighted by Gasteiger charge is -2.06. The summed E-state index contributed by atoms with van der Waals surface area (Å²) in [5, 5.41) is 8.72. The van der Waals surface area contributed by atoms with Crippen LogP contribution in [0.25, 0.3) is 0 Å². The molecule has 0 unspecified atom stereocenters. The van der Waals surface area contributed by atoms with E-state index in [9.17, 15) is 4.39 Å². The summed E-state index contributed by atoms with van der Waals surface area (Å²) in [6, 6.07) is 3.13. The first kappa shape index (κ1) is 9.48. The number of halogens is 2. The standard InChI is InChI=1S/C8H8BrFO2/c1-12-8-6(9)3-2-5(4-11)7(8)10/h2-3,11H,4H2,1H3. The van der Waals surface area contributed by atoms with E-state index in [-0.39, 0.29) is 17.9 Å². The van der Waals surface area contributed by atoms with Crippen LogP contribution in [0.1, 0.15) is 5.56 Å². The van der Waals surface area contributed by atoms with E-state index in [1.54, 1.807) is 6.07 Å². The molecule has 0 aliphatic heterocycles. The van der Waals surface area contributed by atoms with E-state index in [2.05, 4.69) is 15.9 Å². The van der Waals surface area contributed by atoms with Gasteiger partial charge >= 0.3 is 0 Å². The second-order valence-electron chi connectivity index (χ2n) is 2.21. The zero-order valence-electron chi connectivity index (χ0n) is 6.47. The molecule has 0 atom stereocenters. The third kappa shape index (κ3) is 1.59. The minimum absolute atomic E-state index is 0.126. The van der Waals surface area contributed by atoms with Gasteiger partial charge in [0.05, 0.1) is 18.2 Å². The molecule has 1 rings (SSSR count). The van der Waals surface area contributed by atoms with Crippen LogP contribution in [0.5, 0.6) is 5.75 Å². The molecular weight excluding hydrogens is 227 g/mol. The largest absolute Gasteiger partial charge is 0.492 e. The van der Waals surface area contributed by atoms with Crippen molar-refractivity contribution in [1.29, 1.82) is 0 Å². The molecule has 4 heteroatoms. The van der Waals surface area contributed by atoms with Crippen LogP contribution in [0.2, 0.25) is 0 Å². The van der Waals surface area contributed by atoms with E-state index >= 15 is 0 Å². The molecule has 0 fully saturated rings. The Hall–Kier alpha value is -0.610. The number of hydrogen-bond donors (Lipinski definition) is 1. The Kier molecular flexibility index (Phi) is 3.05. The SMILES string of the molecule is COc1c(Br)ccc(CO)c1F. The van der Waals surface area contributed by atoms with Crippen molar-refractivity contribution in [2.24, 2.45) is 0 Å². The average molecular weight is 235 g/mol. The predicted octanol–water partition coefficient (Wildman–Crippen LogP) is 2.09. The summed E-state index contributed by atoms with van der Waals surface area (Å²) < 4.78 is 18.5. The van der Waals surface area contributed by atoms with Gasteiger partial charge in [0, 0.05) is 5.56 Å². The number of methoxy groups -OCH3 is 1. The molecule has 0 heterocycles. The zero-order chi connectivity index (χ0) is 9.14. The normalized spacial score (nSPS) is 10.0. The molecule has 2 nitrogen and oxygen atoms in total. The first-order valence-electron chi connectivity index (χ1n) is 3.32. The molecule has 0 bridgehead atoms. The molecule has 66 valence electrons. The van der Waals surface area contributed by atoms with Crippen LogP contribution in [0.3, 0.4) is 0 Å². The van der Waals surface area contributed by atoms with Crippen LogP contribution in [0, 0.1) is 5.82 Å². The first-order valence-corrected chi connectivity index (χ1v) is 4.11. The Labute approximate surface area is 78.1 Å². The maximum absolute atomic E-state index is 13.2. The second-order valence-corrected chi connectivity index (χ2v) is 3.07. The Morgan fingerprint density at radius 2 is 2.25 bits per heavy atom. The van der Waals surface area contributed by atoms with E-state index in [4.69, 9.17) is 9.84 Å². The Balaban J connectivity index is 3.24. The highest BCUT2D eigenvalue weighted by Gasteiger charge is 2.11. The van der Waals surface area contributed by atoms with Gasteiger partial charge in [0.1, 0.15) is 0 Å². The molecule has 0 radical (unpaired) electrons. The first-order chi connectivity index (χ1) is 5.70. The van der Waals surface area contributed by atoms with Gasteiger partial charge in [-0.3, -0.25) is 0 Å². The highest BCUT2D eigenvalue weighted by atomic mass is 79.9. The molecular formula is C8H8BrFO2. The fourth-order valence-corrected chi connectivity index (χ4v) is 1.35. The lowest BCUT2D eigenvalue weighted by molar-refractivity contribution is 0.272. The van der Waals surface area contributed by atoms with Gasteiger partial charge in [-0.2, -0.15) is 0 Å². The minimum Gasteiger partial charge on any atom is -0.492 e. The van der Waals surface area contributed by atoms with E-state index in [1.807, 2.05) is 0 Å². The smallest absolute Gasteiger partial charge is 0.171 e. The van der Waals surface area contributed by atoms with Crippen LogP contribution in [-0.2, 0) is 6.61 Å². The van der Waals surface area contributed by atoms with Crippen LogP contribution in [-0.4, -0.2) is 12.2 Å². The number of hydrogen-bond acceptors (Lipinski definition) is 2. The molecule has 0 spiro atoms. The van der Waals surface area contributed by atoms with Crippen molar-refractivity contribution in [1.82, 2.24) is 0 Å². The number of benzene rings is 1. The molecule has 0 aromatic heterocycles. The van der Waals surface area contributed by atoms with Crippen LogP contribution >= 0.6 is 15.9 Å². The topological polar surface area (TPSA) is 29.5 Å². The molecule has 12 heavy (non-hydrogen) atoms.